The summed E-state index contributed by atoms with van der Waals surface area (Å²) in [4.78, 5) is 16.5. The van der Waals surface area contributed by atoms with Crippen molar-refractivity contribution in [2.45, 2.75) is 12.8 Å². The highest BCUT2D eigenvalue weighted by molar-refractivity contribution is 6.34. The van der Waals surface area contributed by atoms with E-state index in [2.05, 4.69) is 11.9 Å². The molecule has 0 unspecified atom stereocenters. The summed E-state index contributed by atoms with van der Waals surface area (Å²) in [6.45, 7) is 2.96. The van der Waals surface area contributed by atoms with E-state index in [4.69, 9.17) is 17.3 Å². The first-order valence-electron chi connectivity index (χ1n) is 6.97. The van der Waals surface area contributed by atoms with Gasteiger partial charge in [0.05, 0.1) is 10.6 Å². The van der Waals surface area contributed by atoms with Crippen molar-refractivity contribution in [3.05, 3.63) is 28.8 Å². The average molecular weight is 296 g/mol. The first kappa shape index (κ1) is 15.1. The van der Waals surface area contributed by atoms with Gasteiger partial charge in [0.25, 0.3) is 5.91 Å². The number of nitrogens with two attached hydrogens (primary N) is 1. The predicted octanol–water partition coefficient (Wildman–Crippen LogP) is 2.34. The molecule has 2 N–H and O–H groups in total. The number of amides is 1. The molecule has 1 amide bonds. The zero-order valence-electron chi connectivity index (χ0n) is 12.1. The van der Waals surface area contributed by atoms with Gasteiger partial charge in [0.15, 0.2) is 0 Å². The van der Waals surface area contributed by atoms with E-state index >= 15 is 0 Å². The second-order valence-electron chi connectivity index (χ2n) is 5.64. The van der Waals surface area contributed by atoms with E-state index < -0.39 is 0 Å². The standard InChI is InChI=1S/C15H22ClN3O/c1-18-8-6-11(7-9-18)10-19(2)15(20)14-12(16)4-3-5-13(14)17/h3-5,11H,6-10,17H2,1-2H3. The molecule has 1 aliphatic heterocycles. The molecule has 1 saturated heterocycles. The molecular weight excluding hydrogens is 274 g/mol. The Labute approximate surface area is 125 Å². The lowest BCUT2D eigenvalue weighted by Gasteiger charge is -2.31. The molecule has 20 heavy (non-hydrogen) atoms. The number of carbonyl (C=O) groups excluding carboxylic acids is 1. The van der Waals surface area contributed by atoms with Crippen molar-refractivity contribution >= 4 is 23.2 Å². The third kappa shape index (κ3) is 3.44. The Bertz CT molecular complexity index is 464. The van der Waals surface area contributed by atoms with Gasteiger partial charge in [0.2, 0.25) is 0 Å². The summed E-state index contributed by atoms with van der Waals surface area (Å²) < 4.78 is 0. The molecule has 1 aromatic rings. The maximum Gasteiger partial charge on any atom is 0.257 e. The highest BCUT2D eigenvalue weighted by atomic mass is 35.5. The van der Waals surface area contributed by atoms with Gasteiger partial charge in [0.1, 0.15) is 0 Å². The van der Waals surface area contributed by atoms with Crippen molar-refractivity contribution in [2.75, 3.05) is 39.5 Å². The minimum atomic E-state index is -0.0907. The zero-order chi connectivity index (χ0) is 14.7. The summed E-state index contributed by atoms with van der Waals surface area (Å²) in [5, 5.41) is 0.422. The van der Waals surface area contributed by atoms with Crippen LogP contribution in [0.15, 0.2) is 18.2 Å². The van der Waals surface area contributed by atoms with Crippen LogP contribution in [0.2, 0.25) is 5.02 Å². The lowest BCUT2D eigenvalue weighted by Crippen LogP contribution is -2.38. The summed E-state index contributed by atoms with van der Waals surface area (Å²) in [6, 6.07) is 5.17. The molecule has 0 atom stereocenters. The van der Waals surface area contributed by atoms with Crippen molar-refractivity contribution in [1.29, 1.82) is 0 Å². The number of likely N-dealkylation sites (tertiary alicyclic amines) is 1. The third-order valence-electron chi connectivity index (χ3n) is 3.98. The maximum absolute atomic E-state index is 12.5. The summed E-state index contributed by atoms with van der Waals surface area (Å²) in [5.41, 5.74) is 6.74. The Hall–Kier alpha value is -1.26. The van der Waals surface area contributed by atoms with Crippen LogP contribution in [0.1, 0.15) is 23.2 Å². The lowest BCUT2D eigenvalue weighted by molar-refractivity contribution is 0.0748. The van der Waals surface area contributed by atoms with Crippen LogP contribution in [0.3, 0.4) is 0 Å². The number of carbonyl (C=O) groups is 1. The second-order valence-corrected chi connectivity index (χ2v) is 6.04. The predicted molar refractivity (Wildman–Crippen MR) is 83.0 cm³/mol. The van der Waals surface area contributed by atoms with Crippen LogP contribution < -0.4 is 5.73 Å². The molecule has 0 spiro atoms. The highest BCUT2D eigenvalue weighted by Gasteiger charge is 2.23. The van der Waals surface area contributed by atoms with Crippen molar-refractivity contribution in [3.8, 4) is 0 Å². The highest BCUT2D eigenvalue weighted by Crippen LogP contribution is 2.24. The number of hydrogen-bond acceptors (Lipinski definition) is 3. The van der Waals surface area contributed by atoms with E-state index in [0.717, 1.165) is 32.5 Å². The van der Waals surface area contributed by atoms with Gasteiger partial charge >= 0.3 is 0 Å². The number of halogens is 1. The lowest BCUT2D eigenvalue weighted by atomic mass is 9.96. The Morgan fingerprint density at radius 3 is 2.70 bits per heavy atom. The number of hydrogen-bond donors (Lipinski definition) is 1. The molecule has 110 valence electrons. The first-order chi connectivity index (χ1) is 9.49. The molecule has 1 heterocycles. The van der Waals surface area contributed by atoms with Crippen LogP contribution in [0.5, 0.6) is 0 Å². The monoisotopic (exact) mass is 295 g/mol. The Balaban J connectivity index is 2.02. The summed E-state index contributed by atoms with van der Waals surface area (Å²) >= 11 is 6.10. The molecule has 1 fully saturated rings. The molecule has 5 heteroatoms. The smallest absolute Gasteiger partial charge is 0.257 e. The molecule has 2 rings (SSSR count). The van der Waals surface area contributed by atoms with Gasteiger partial charge in [-0.2, -0.15) is 0 Å². The summed E-state index contributed by atoms with van der Waals surface area (Å²) in [7, 11) is 3.96. The largest absolute Gasteiger partial charge is 0.398 e. The van der Waals surface area contributed by atoms with E-state index in [0.29, 0.717) is 22.2 Å². The van der Waals surface area contributed by atoms with Crippen LogP contribution >= 0.6 is 11.6 Å². The molecule has 0 aliphatic carbocycles. The fourth-order valence-electron chi connectivity index (χ4n) is 2.67. The number of anilines is 1. The minimum Gasteiger partial charge on any atom is -0.398 e. The number of nitrogen functional groups attached to an aromatic ring is 1. The fraction of sp³-hybridized carbons (Fsp3) is 0.533. The van der Waals surface area contributed by atoms with Gasteiger partial charge in [-0.15, -0.1) is 0 Å². The van der Waals surface area contributed by atoms with Crippen molar-refractivity contribution in [3.63, 3.8) is 0 Å². The molecule has 0 radical (unpaired) electrons. The van der Waals surface area contributed by atoms with Crippen LogP contribution in [0, 0.1) is 5.92 Å². The molecular formula is C15H22ClN3O. The minimum absolute atomic E-state index is 0.0907. The van der Waals surface area contributed by atoms with Crippen molar-refractivity contribution in [2.24, 2.45) is 5.92 Å². The number of benzene rings is 1. The zero-order valence-corrected chi connectivity index (χ0v) is 12.9. The SMILES string of the molecule is CN1CCC(CN(C)C(=O)c2c(N)cccc2Cl)CC1. The Kier molecular flexibility index (Phi) is 4.89. The van der Waals surface area contributed by atoms with E-state index in [9.17, 15) is 4.79 Å². The molecule has 0 aromatic heterocycles. The van der Waals surface area contributed by atoms with Crippen LogP contribution in [0.4, 0.5) is 5.69 Å². The number of nitrogens with zero attached hydrogens (tertiary/aromatic N) is 2. The maximum atomic E-state index is 12.5. The van der Waals surface area contributed by atoms with Gasteiger partial charge in [-0.25, -0.2) is 0 Å². The summed E-state index contributed by atoms with van der Waals surface area (Å²) in [6.07, 6.45) is 2.26. The molecule has 1 aliphatic rings. The third-order valence-corrected chi connectivity index (χ3v) is 4.29. The Morgan fingerprint density at radius 2 is 2.10 bits per heavy atom. The van der Waals surface area contributed by atoms with E-state index in [1.165, 1.54) is 0 Å². The first-order valence-corrected chi connectivity index (χ1v) is 7.35. The molecule has 1 aromatic carbocycles. The van der Waals surface area contributed by atoms with Gasteiger partial charge in [-0.05, 0) is 51.0 Å². The van der Waals surface area contributed by atoms with E-state index in [-0.39, 0.29) is 5.91 Å². The van der Waals surface area contributed by atoms with Gasteiger partial charge < -0.3 is 15.5 Å². The number of piperidine rings is 1. The Morgan fingerprint density at radius 1 is 1.45 bits per heavy atom. The molecule has 0 saturated carbocycles. The van der Waals surface area contributed by atoms with Crippen LogP contribution in [-0.4, -0.2) is 49.4 Å². The van der Waals surface area contributed by atoms with Crippen LogP contribution in [-0.2, 0) is 0 Å². The van der Waals surface area contributed by atoms with Gasteiger partial charge in [-0.1, -0.05) is 17.7 Å². The molecule has 4 nitrogen and oxygen atoms in total. The van der Waals surface area contributed by atoms with Crippen molar-refractivity contribution < 1.29 is 4.79 Å². The van der Waals surface area contributed by atoms with Crippen LogP contribution in [0.25, 0.3) is 0 Å². The second kappa shape index (κ2) is 6.46. The normalized spacial score (nSPS) is 17.1. The number of rotatable bonds is 3. The quantitative estimate of drug-likeness (QED) is 0.871. The average Bonchev–Trinajstić information content (AvgIpc) is 2.41. The van der Waals surface area contributed by atoms with Gasteiger partial charge in [-0.3, -0.25) is 4.79 Å². The van der Waals surface area contributed by atoms with Crippen molar-refractivity contribution in [1.82, 2.24) is 9.80 Å². The topological polar surface area (TPSA) is 49.6 Å². The van der Waals surface area contributed by atoms with E-state index in [1.54, 1.807) is 23.1 Å². The summed E-state index contributed by atoms with van der Waals surface area (Å²) in [5.74, 6) is 0.468. The van der Waals surface area contributed by atoms with E-state index in [1.807, 2.05) is 7.05 Å². The molecule has 0 bridgehead atoms. The van der Waals surface area contributed by atoms with Gasteiger partial charge in [0, 0.05) is 19.3 Å². The fourth-order valence-corrected chi connectivity index (χ4v) is 2.93.